The van der Waals surface area contributed by atoms with E-state index >= 15 is 0 Å². The molecule has 0 radical (unpaired) electrons. The Bertz CT molecular complexity index is 2800. The van der Waals surface area contributed by atoms with Gasteiger partial charge in [0, 0.05) is 34.3 Å². The van der Waals surface area contributed by atoms with Crippen LogP contribution in [0, 0.1) is 5.92 Å². The molecule has 1 nitrogen and oxygen atoms in total. The van der Waals surface area contributed by atoms with Gasteiger partial charge in [-0.3, -0.25) is 0 Å². The van der Waals surface area contributed by atoms with Gasteiger partial charge in [0.2, 0.25) is 0 Å². The lowest BCUT2D eigenvalue weighted by molar-refractivity contribution is 0.627. The molecule has 0 aliphatic heterocycles. The van der Waals surface area contributed by atoms with E-state index in [2.05, 4.69) is 207 Å². The maximum absolute atomic E-state index is 2.56. The van der Waals surface area contributed by atoms with Crippen LogP contribution in [0.25, 0.3) is 39.0 Å². The van der Waals surface area contributed by atoms with Gasteiger partial charge in [0.1, 0.15) is 0 Å². The molecule has 0 aromatic heterocycles. The Morgan fingerprint density at radius 1 is 0.576 bits per heavy atom. The summed E-state index contributed by atoms with van der Waals surface area (Å²) >= 11 is 0. The molecule has 2 atom stereocenters. The highest BCUT2D eigenvalue weighted by Gasteiger charge is 2.43. The third-order valence-electron chi connectivity index (χ3n) is 13.8. The molecule has 6 aromatic rings. The van der Waals surface area contributed by atoms with E-state index < -0.39 is 0 Å². The molecule has 0 amide bonds. The molecule has 59 heavy (non-hydrogen) atoms. The van der Waals surface area contributed by atoms with Gasteiger partial charge < -0.3 is 4.90 Å². The van der Waals surface area contributed by atoms with Crippen LogP contribution in [0.2, 0.25) is 0 Å². The van der Waals surface area contributed by atoms with Crippen molar-refractivity contribution in [1.82, 2.24) is 0 Å². The Hall–Kier alpha value is -6.44. The fourth-order valence-corrected chi connectivity index (χ4v) is 10.6. The van der Waals surface area contributed by atoms with E-state index in [1.54, 1.807) is 5.57 Å². The van der Waals surface area contributed by atoms with Gasteiger partial charge in [-0.1, -0.05) is 172 Å². The van der Waals surface area contributed by atoms with Crippen LogP contribution in [-0.4, -0.2) is 0 Å². The summed E-state index contributed by atoms with van der Waals surface area (Å²) < 4.78 is 0. The van der Waals surface area contributed by atoms with Crippen molar-refractivity contribution in [3.05, 3.63) is 233 Å². The van der Waals surface area contributed by atoms with Crippen molar-refractivity contribution in [3.63, 3.8) is 0 Å². The molecule has 0 saturated carbocycles. The Morgan fingerprint density at radius 2 is 1.25 bits per heavy atom. The van der Waals surface area contributed by atoms with Crippen molar-refractivity contribution in [2.24, 2.45) is 5.92 Å². The van der Waals surface area contributed by atoms with Crippen molar-refractivity contribution < 1.29 is 0 Å². The first-order valence-electron chi connectivity index (χ1n) is 21.6. The Morgan fingerprint density at radius 3 is 1.98 bits per heavy atom. The zero-order valence-corrected chi connectivity index (χ0v) is 34.0. The van der Waals surface area contributed by atoms with Gasteiger partial charge in [0.15, 0.2) is 0 Å². The molecule has 6 aromatic carbocycles. The van der Waals surface area contributed by atoms with E-state index in [-0.39, 0.29) is 5.41 Å². The van der Waals surface area contributed by atoms with Crippen LogP contribution in [-0.2, 0) is 11.8 Å². The monoisotopic (exact) mass is 759 g/mol. The third-order valence-corrected chi connectivity index (χ3v) is 13.8. The predicted octanol–water partition coefficient (Wildman–Crippen LogP) is 15.3. The fraction of sp³-hybridized carbons (Fsp3) is 0.172. The second-order valence-electron chi connectivity index (χ2n) is 17.4. The molecule has 0 fully saturated rings. The lowest BCUT2D eigenvalue weighted by Crippen LogP contribution is -2.20. The quantitative estimate of drug-likeness (QED) is 0.157. The minimum Gasteiger partial charge on any atom is -0.311 e. The molecule has 5 aliphatic carbocycles. The summed E-state index contributed by atoms with van der Waals surface area (Å²) in [5, 5.41) is 0. The second kappa shape index (κ2) is 14.4. The number of hydrogen-bond acceptors (Lipinski definition) is 1. The van der Waals surface area contributed by atoms with Crippen LogP contribution in [0.4, 0.5) is 11.4 Å². The Labute approximate surface area is 349 Å². The highest BCUT2D eigenvalue weighted by molar-refractivity contribution is 5.95. The zero-order valence-electron chi connectivity index (χ0n) is 34.0. The molecule has 0 saturated heterocycles. The standard InChI is InChI=1S/C58H49N/c1-58(2)55-36-35-52(54-37-45-17-9-10-18-49(45)50-19-11-12-20-51(50)54)57(55)53-34-33-48(38-56(53)58)59(46-29-25-43(26-30-46)40-15-7-4-8-16-40)47-31-27-44(28-32-47)42-23-21-41(22-24-42)39-13-5-3-6-14-39/h3,5-7,9-25,27-35,38,43,54H,4,8,26,36-37H2,1-2H3. The smallest absolute Gasteiger partial charge is 0.0464 e. The van der Waals surface area contributed by atoms with E-state index in [1.807, 2.05) is 0 Å². The van der Waals surface area contributed by atoms with Crippen LogP contribution < -0.4 is 4.90 Å². The van der Waals surface area contributed by atoms with Crippen molar-refractivity contribution in [1.29, 1.82) is 0 Å². The lowest BCUT2D eigenvalue weighted by Gasteiger charge is -2.32. The number of hydrogen-bond donors (Lipinski definition) is 0. The summed E-state index contributed by atoms with van der Waals surface area (Å²) in [6.07, 6.45) is 22.2. The largest absolute Gasteiger partial charge is 0.311 e. The first kappa shape index (κ1) is 35.7. The van der Waals surface area contributed by atoms with Gasteiger partial charge in [-0.15, -0.1) is 0 Å². The molecule has 1 heteroatoms. The van der Waals surface area contributed by atoms with Gasteiger partial charge in [0.05, 0.1) is 0 Å². The molecular formula is C58H49N. The summed E-state index contributed by atoms with van der Waals surface area (Å²) in [7, 11) is 0. The van der Waals surface area contributed by atoms with E-state index in [1.165, 1.54) is 89.4 Å². The Balaban J connectivity index is 0.950. The van der Waals surface area contributed by atoms with E-state index in [4.69, 9.17) is 0 Å². The molecule has 0 N–H and O–H groups in total. The lowest BCUT2D eigenvalue weighted by atomic mass is 9.73. The summed E-state index contributed by atoms with van der Waals surface area (Å²) in [6.45, 7) is 4.91. The maximum atomic E-state index is 2.56. The average Bonchev–Trinajstić information content (AvgIpc) is 3.84. The minimum atomic E-state index is -0.0753. The SMILES string of the molecule is CC1(C)C2=C(C(C3Cc4ccccc4-c4ccccc43)=CC2)c2ccc(N(C3=CCC(C4=CCCC=C4)C=C3)c3ccc(-c4ccc(-c5ccccc5)cc4)cc3)cc21. The van der Waals surface area contributed by atoms with Crippen LogP contribution in [0.15, 0.2) is 211 Å². The summed E-state index contributed by atoms with van der Waals surface area (Å²) in [6, 6.07) is 54.3. The molecule has 2 unspecified atom stereocenters. The van der Waals surface area contributed by atoms with Crippen molar-refractivity contribution in [2.75, 3.05) is 4.90 Å². The molecular weight excluding hydrogens is 711 g/mol. The van der Waals surface area contributed by atoms with Gasteiger partial charge in [-0.25, -0.2) is 0 Å². The van der Waals surface area contributed by atoms with Gasteiger partial charge in [-0.05, 0) is 140 Å². The molecule has 286 valence electrons. The number of anilines is 2. The zero-order chi connectivity index (χ0) is 39.5. The molecule has 0 heterocycles. The number of fused-ring (bicyclic) bond motifs is 5. The van der Waals surface area contributed by atoms with Crippen molar-refractivity contribution in [3.8, 4) is 33.4 Å². The van der Waals surface area contributed by atoms with Gasteiger partial charge in [-0.2, -0.15) is 0 Å². The normalized spacial score (nSPS) is 19.6. The first-order valence-corrected chi connectivity index (χ1v) is 21.6. The number of nitrogens with zero attached hydrogens (tertiary/aromatic N) is 1. The van der Waals surface area contributed by atoms with E-state index in [0.29, 0.717) is 11.8 Å². The third kappa shape index (κ3) is 6.14. The Kier molecular flexibility index (Phi) is 8.73. The van der Waals surface area contributed by atoms with Gasteiger partial charge >= 0.3 is 0 Å². The van der Waals surface area contributed by atoms with Crippen molar-refractivity contribution >= 4 is 16.9 Å². The van der Waals surface area contributed by atoms with Crippen LogP contribution in [0.3, 0.4) is 0 Å². The molecule has 11 rings (SSSR count). The topological polar surface area (TPSA) is 3.24 Å². The highest BCUT2D eigenvalue weighted by Crippen LogP contribution is 2.58. The predicted molar refractivity (Wildman–Crippen MR) is 249 cm³/mol. The number of rotatable bonds is 7. The van der Waals surface area contributed by atoms with Crippen molar-refractivity contribution in [2.45, 2.75) is 57.3 Å². The van der Waals surface area contributed by atoms with E-state index in [0.717, 1.165) is 32.1 Å². The van der Waals surface area contributed by atoms with E-state index in [9.17, 15) is 0 Å². The van der Waals surface area contributed by atoms with Crippen LogP contribution in [0.5, 0.6) is 0 Å². The highest BCUT2D eigenvalue weighted by atomic mass is 15.1. The first-order chi connectivity index (χ1) is 29.0. The minimum absolute atomic E-state index is 0.0753. The average molecular weight is 760 g/mol. The van der Waals surface area contributed by atoms with Crippen LogP contribution in [0.1, 0.15) is 67.7 Å². The molecule has 5 aliphatic rings. The summed E-state index contributed by atoms with van der Waals surface area (Å²) in [4.78, 5) is 2.49. The number of benzene rings is 6. The second-order valence-corrected chi connectivity index (χ2v) is 17.4. The van der Waals surface area contributed by atoms with Gasteiger partial charge in [0.25, 0.3) is 0 Å². The number of allylic oxidation sites excluding steroid dienone is 11. The summed E-state index contributed by atoms with van der Waals surface area (Å²) in [5.41, 5.74) is 23.0. The van der Waals surface area contributed by atoms with Crippen LogP contribution >= 0.6 is 0 Å². The molecule has 0 bridgehead atoms. The maximum Gasteiger partial charge on any atom is 0.0464 e. The summed E-state index contributed by atoms with van der Waals surface area (Å²) in [5.74, 6) is 0.769. The molecule has 0 spiro atoms. The fourth-order valence-electron chi connectivity index (χ4n) is 10.6.